The number of ether oxygens (including phenoxy) is 3. The Balaban J connectivity index is 1.78. The summed E-state index contributed by atoms with van der Waals surface area (Å²) in [6, 6.07) is 18.6. The van der Waals surface area contributed by atoms with E-state index in [2.05, 4.69) is 5.32 Å². The minimum Gasteiger partial charge on any atom is -0.497 e. The number of carbonyl (C=O) groups is 1. The van der Waals surface area contributed by atoms with Crippen LogP contribution in [0.5, 0.6) is 11.5 Å². The summed E-state index contributed by atoms with van der Waals surface area (Å²) in [6.07, 6.45) is 0. The summed E-state index contributed by atoms with van der Waals surface area (Å²) in [5, 5.41) is 3.33. The Hall–Kier alpha value is -3.02. The van der Waals surface area contributed by atoms with Gasteiger partial charge in [-0.15, -0.1) is 0 Å². The molecule has 0 saturated carbocycles. The van der Waals surface area contributed by atoms with Crippen LogP contribution in [0.4, 0.5) is 5.69 Å². The zero-order valence-corrected chi connectivity index (χ0v) is 18.0. The monoisotopic (exact) mass is 425 g/mol. The van der Waals surface area contributed by atoms with Gasteiger partial charge in [0.2, 0.25) is 0 Å². The third-order valence-electron chi connectivity index (χ3n) is 4.71. The molecular formula is C24H24ClNO4. The molecule has 0 atom stereocenters. The number of amides is 1. The molecule has 0 saturated heterocycles. The molecular weight excluding hydrogens is 402 g/mol. The molecule has 0 spiro atoms. The van der Waals surface area contributed by atoms with Gasteiger partial charge in [0.25, 0.3) is 5.91 Å². The zero-order chi connectivity index (χ0) is 21.5. The summed E-state index contributed by atoms with van der Waals surface area (Å²) < 4.78 is 15.7. The average molecular weight is 426 g/mol. The molecule has 0 aliphatic rings. The molecule has 0 aliphatic heterocycles. The third-order valence-corrected chi connectivity index (χ3v) is 5.01. The number of benzene rings is 3. The maximum atomic E-state index is 12.9. The van der Waals surface area contributed by atoms with E-state index in [1.54, 1.807) is 32.4 Å². The molecule has 5 nitrogen and oxygen atoms in total. The highest BCUT2D eigenvalue weighted by molar-refractivity contribution is 6.32. The van der Waals surface area contributed by atoms with Crippen LogP contribution >= 0.6 is 11.6 Å². The maximum Gasteiger partial charge on any atom is 0.255 e. The second-order valence-corrected chi connectivity index (χ2v) is 7.05. The number of methoxy groups -OCH3 is 2. The number of hydrogen-bond acceptors (Lipinski definition) is 4. The molecule has 30 heavy (non-hydrogen) atoms. The first-order valence-corrected chi connectivity index (χ1v) is 9.88. The molecule has 156 valence electrons. The summed E-state index contributed by atoms with van der Waals surface area (Å²) in [4.78, 5) is 12.9. The van der Waals surface area contributed by atoms with Crippen molar-refractivity contribution in [1.82, 2.24) is 0 Å². The largest absolute Gasteiger partial charge is 0.497 e. The standard InChI is InChI=1S/C24H24ClNO4/c1-16-20(17-7-10-19(29-3)11-8-17)5-4-6-21(16)24(27)26-18-9-12-23(22(25)15-18)30-14-13-28-2/h4-12,15H,13-14H2,1-3H3,(H,26,27). The number of anilines is 1. The van der Waals surface area contributed by atoms with Gasteiger partial charge in [-0.25, -0.2) is 0 Å². The first-order chi connectivity index (χ1) is 14.5. The predicted molar refractivity (Wildman–Crippen MR) is 120 cm³/mol. The van der Waals surface area contributed by atoms with Crippen LogP contribution in [0.2, 0.25) is 5.02 Å². The lowest BCUT2D eigenvalue weighted by Gasteiger charge is -2.13. The number of halogens is 1. The molecule has 1 N–H and O–H groups in total. The predicted octanol–water partition coefficient (Wildman–Crippen LogP) is 5.60. The maximum absolute atomic E-state index is 12.9. The van der Waals surface area contributed by atoms with Crippen LogP contribution in [0.15, 0.2) is 60.7 Å². The van der Waals surface area contributed by atoms with E-state index in [1.807, 2.05) is 49.4 Å². The molecule has 0 radical (unpaired) electrons. The number of nitrogens with one attached hydrogen (secondary N) is 1. The van der Waals surface area contributed by atoms with E-state index in [1.165, 1.54) is 0 Å². The quantitative estimate of drug-likeness (QED) is 0.477. The normalized spacial score (nSPS) is 10.5. The van der Waals surface area contributed by atoms with E-state index >= 15 is 0 Å². The van der Waals surface area contributed by atoms with Crippen molar-refractivity contribution in [3.63, 3.8) is 0 Å². The van der Waals surface area contributed by atoms with Gasteiger partial charge in [0.05, 0.1) is 18.7 Å². The van der Waals surface area contributed by atoms with Crippen LogP contribution in [0.3, 0.4) is 0 Å². The molecule has 0 bridgehead atoms. The summed E-state index contributed by atoms with van der Waals surface area (Å²) in [5.74, 6) is 1.13. The van der Waals surface area contributed by atoms with Gasteiger partial charge in [0.1, 0.15) is 18.1 Å². The number of carbonyl (C=O) groups excluding carboxylic acids is 1. The Kier molecular flexibility index (Phi) is 7.33. The Morgan fingerprint density at radius 1 is 1.00 bits per heavy atom. The Morgan fingerprint density at radius 3 is 2.43 bits per heavy atom. The van der Waals surface area contributed by atoms with Crippen molar-refractivity contribution in [3.05, 3.63) is 76.8 Å². The van der Waals surface area contributed by atoms with Crippen LogP contribution < -0.4 is 14.8 Å². The van der Waals surface area contributed by atoms with Gasteiger partial charge in [-0.05, 0) is 60.0 Å². The molecule has 0 aromatic heterocycles. The van der Waals surface area contributed by atoms with Gasteiger partial charge in [-0.3, -0.25) is 4.79 Å². The van der Waals surface area contributed by atoms with E-state index < -0.39 is 0 Å². The van der Waals surface area contributed by atoms with Crippen LogP contribution in [-0.4, -0.2) is 33.3 Å². The highest BCUT2D eigenvalue weighted by atomic mass is 35.5. The van der Waals surface area contributed by atoms with Crippen molar-refractivity contribution < 1.29 is 19.0 Å². The fraction of sp³-hybridized carbons (Fsp3) is 0.208. The topological polar surface area (TPSA) is 56.8 Å². The fourth-order valence-corrected chi connectivity index (χ4v) is 3.33. The Morgan fingerprint density at radius 2 is 1.77 bits per heavy atom. The zero-order valence-electron chi connectivity index (χ0n) is 17.2. The van der Waals surface area contributed by atoms with Crippen LogP contribution in [0, 0.1) is 6.92 Å². The summed E-state index contributed by atoms with van der Waals surface area (Å²) >= 11 is 6.27. The molecule has 1 amide bonds. The number of rotatable bonds is 8. The van der Waals surface area contributed by atoms with E-state index in [9.17, 15) is 4.79 Å². The summed E-state index contributed by atoms with van der Waals surface area (Å²) in [6.45, 7) is 2.81. The summed E-state index contributed by atoms with van der Waals surface area (Å²) in [7, 11) is 3.24. The van der Waals surface area contributed by atoms with E-state index in [-0.39, 0.29) is 5.91 Å². The van der Waals surface area contributed by atoms with Crippen molar-refractivity contribution in [2.75, 3.05) is 32.8 Å². The Labute approximate surface area is 181 Å². The lowest BCUT2D eigenvalue weighted by atomic mass is 9.96. The van der Waals surface area contributed by atoms with Gasteiger partial charge < -0.3 is 19.5 Å². The van der Waals surface area contributed by atoms with Crippen molar-refractivity contribution >= 4 is 23.2 Å². The van der Waals surface area contributed by atoms with Gasteiger partial charge in [-0.1, -0.05) is 35.9 Å². The molecule has 6 heteroatoms. The molecule has 3 rings (SSSR count). The smallest absolute Gasteiger partial charge is 0.255 e. The Bertz CT molecular complexity index is 1020. The highest BCUT2D eigenvalue weighted by Crippen LogP contribution is 2.30. The SMILES string of the molecule is COCCOc1ccc(NC(=O)c2cccc(-c3ccc(OC)cc3)c2C)cc1Cl. The molecule has 3 aromatic carbocycles. The third kappa shape index (κ3) is 5.12. The van der Waals surface area contributed by atoms with Crippen LogP contribution in [0.25, 0.3) is 11.1 Å². The van der Waals surface area contributed by atoms with Crippen LogP contribution in [-0.2, 0) is 4.74 Å². The number of hydrogen-bond donors (Lipinski definition) is 1. The lowest BCUT2D eigenvalue weighted by molar-refractivity contribution is 0.102. The fourth-order valence-electron chi connectivity index (χ4n) is 3.09. The van der Waals surface area contributed by atoms with E-state index in [0.717, 1.165) is 22.4 Å². The first-order valence-electron chi connectivity index (χ1n) is 9.50. The molecule has 3 aromatic rings. The van der Waals surface area contributed by atoms with Crippen molar-refractivity contribution in [2.24, 2.45) is 0 Å². The summed E-state index contributed by atoms with van der Waals surface area (Å²) in [5.41, 5.74) is 4.10. The highest BCUT2D eigenvalue weighted by Gasteiger charge is 2.14. The van der Waals surface area contributed by atoms with Gasteiger partial charge in [-0.2, -0.15) is 0 Å². The van der Waals surface area contributed by atoms with Gasteiger partial charge in [0, 0.05) is 18.4 Å². The lowest BCUT2D eigenvalue weighted by Crippen LogP contribution is -2.14. The van der Waals surface area contributed by atoms with Gasteiger partial charge >= 0.3 is 0 Å². The van der Waals surface area contributed by atoms with Crippen LogP contribution in [0.1, 0.15) is 15.9 Å². The van der Waals surface area contributed by atoms with E-state index in [0.29, 0.717) is 35.2 Å². The first kappa shape index (κ1) is 21.7. The molecule has 0 aliphatic carbocycles. The van der Waals surface area contributed by atoms with Gasteiger partial charge in [0.15, 0.2) is 0 Å². The molecule has 0 fully saturated rings. The van der Waals surface area contributed by atoms with Crippen molar-refractivity contribution in [3.8, 4) is 22.6 Å². The van der Waals surface area contributed by atoms with Crippen molar-refractivity contribution in [2.45, 2.75) is 6.92 Å². The minimum absolute atomic E-state index is 0.202. The van der Waals surface area contributed by atoms with E-state index in [4.69, 9.17) is 25.8 Å². The average Bonchev–Trinajstić information content (AvgIpc) is 2.75. The van der Waals surface area contributed by atoms with Crippen molar-refractivity contribution in [1.29, 1.82) is 0 Å². The molecule has 0 unspecified atom stereocenters. The second kappa shape index (κ2) is 10.1. The molecule has 0 heterocycles. The minimum atomic E-state index is -0.202. The second-order valence-electron chi connectivity index (χ2n) is 6.65.